The van der Waals surface area contributed by atoms with Crippen LogP contribution in [0.2, 0.25) is 0 Å². The fourth-order valence-electron chi connectivity index (χ4n) is 1.18. The average molecular weight is 216 g/mol. The van der Waals surface area contributed by atoms with Crippen molar-refractivity contribution in [2.45, 2.75) is 19.9 Å². The molecule has 0 atom stereocenters. The van der Waals surface area contributed by atoms with Crippen molar-refractivity contribution >= 4 is 0 Å². The first-order chi connectivity index (χ1) is 7.13. The first kappa shape index (κ1) is 11.8. The zero-order valence-corrected chi connectivity index (χ0v) is 8.76. The summed E-state index contributed by atoms with van der Waals surface area (Å²) in [5.41, 5.74) is 1.49. The molecule has 0 aliphatic heterocycles. The van der Waals surface area contributed by atoms with Gasteiger partial charge in [-0.15, -0.1) is 0 Å². The van der Waals surface area contributed by atoms with Crippen LogP contribution in [0.15, 0.2) is 12.1 Å². The van der Waals surface area contributed by atoms with Crippen molar-refractivity contribution in [2.75, 3.05) is 13.7 Å². The summed E-state index contributed by atoms with van der Waals surface area (Å²) in [6, 6.07) is 3.40. The molecule has 0 aliphatic rings. The Labute approximate surface area is 87.5 Å². The van der Waals surface area contributed by atoms with Crippen molar-refractivity contribution in [3.8, 4) is 5.75 Å². The van der Waals surface area contributed by atoms with E-state index < -0.39 is 13.0 Å². The van der Waals surface area contributed by atoms with Crippen LogP contribution in [0.5, 0.6) is 5.75 Å². The lowest BCUT2D eigenvalue weighted by atomic mass is 10.3. The minimum absolute atomic E-state index is 0.412. The Morgan fingerprint density at radius 1 is 1.47 bits per heavy atom. The van der Waals surface area contributed by atoms with Crippen molar-refractivity contribution in [2.24, 2.45) is 0 Å². The van der Waals surface area contributed by atoms with E-state index in [-0.39, 0.29) is 0 Å². The summed E-state index contributed by atoms with van der Waals surface area (Å²) in [5, 5.41) is 2.91. The number of pyridine rings is 1. The van der Waals surface area contributed by atoms with Gasteiger partial charge in [0, 0.05) is 12.2 Å². The Hall–Kier alpha value is -1.23. The number of nitrogens with zero attached hydrogens (tertiary/aromatic N) is 1. The second kappa shape index (κ2) is 5.60. The van der Waals surface area contributed by atoms with Crippen molar-refractivity contribution in [3.05, 3.63) is 23.5 Å². The molecule has 15 heavy (non-hydrogen) atoms. The molecule has 1 rings (SSSR count). The monoisotopic (exact) mass is 216 g/mol. The van der Waals surface area contributed by atoms with Crippen molar-refractivity contribution in [3.63, 3.8) is 0 Å². The molecule has 0 spiro atoms. The molecular formula is C10H14F2N2O. The average Bonchev–Trinajstić information content (AvgIpc) is 2.17. The van der Waals surface area contributed by atoms with Gasteiger partial charge in [0.05, 0.1) is 5.69 Å². The van der Waals surface area contributed by atoms with Crippen molar-refractivity contribution in [1.82, 2.24) is 10.3 Å². The molecule has 0 aromatic carbocycles. The highest BCUT2D eigenvalue weighted by molar-refractivity contribution is 5.29. The first-order valence-electron chi connectivity index (χ1n) is 4.65. The van der Waals surface area contributed by atoms with Crippen LogP contribution in [0.3, 0.4) is 0 Å². The van der Waals surface area contributed by atoms with Crippen LogP contribution in [0.1, 0.15) is 11.4 Å². The SMILES string of the molecule is CNCc1nc(C)ccc1OCC(F)F. The highest BCUT2D eigenvalue weighted by Gasteiger charge is 2.08. The van der Waals surface area contributed by atoms with Gasteiger partial charge in [-0.2, -0.15) is 0 Å². The second-order valence-corrected chi connectivity index (χ2v) is 3.13. The van der Waals surface area contributed by atoms with Gasteiger partial charge in [0.15, 0.2) is 0 Å². The Bertz CT molecular complexity index is 318. The molecule has 0 radical (unpaired) electrons. The molecule has 1 heterocycles. The molecular weight excluding hydrogens is 202 g/mol. The van der Waals surface area contributed by atoms with Gasteiger partial charge in [-0.3, -0.25) is 4.98 Å². The fourth-order valence-corrected chi connectivity index (χ4v) is 1.18. The first-order valence-corrected chi connectivity index (χ1v) is 4.65. The minimum atomic E-state index is -2.46. The van der Waals surface area contributed by atoms with E-state index in [1.54, 1.807) is 19.2 Å². The largest absolute Gasteiger partial charge is 0.486 e. The van der Waals surface area contributed by atoms with E-state index in [9.17, 15) is 8.78 Å². The van der Waals surface area contributed by atoms with Gasteiger partial charge in [0.25, 0.3) is 6.43 Å². The van der Waals surface area contributed by atoms with E-state index in [0.717, 1.165) is 5.69 Å². The van der Waals surface area contributed by atoms with E-state index in [1.807, 2.05) is 6.92 Å². The Kier molecular flexibility index (Phi) is 4.42. The summed E-state index contributed by atoms with van der Waals surface area (Å²) >= 11 is 0. The Morgan fingerprint density at radius 2 is 2.20 bits per heavy atom. The van der Waals surface area contributed by atoms with Crippen molar-refractivity contribution < 1.29 is 13.5 Å². The number of ether oxygens (including phenoxy) is 1. The molecule has 1 aromatic rings. The fraction of sp³-hybridized carbons (Fsp3) is 0.500. The molecule has 0 aliphatic carbocycles. The van der Waals surface area contributed by atoms with Gasteiger partial charge >= 0.3 is 0 Å². The van der Waals surface area contributed by atoms with Crippen LogP contribution in [0.4, 0.5) is 8.78 Å². The lowest BCUT2D eigenvalue weighted by Crippen LogP contribution is -2.13. The topological polar surface area (TPSA) is 34.2 Å². The van der Waals surface area contributed by atoms with E-state index in [0.29, 0.717) is 18.0 Å². The van der Waals surface area contributed by atoms with Crippen LogP contribution in [-0.4, -0.2) is 25.1 Å². The number of alkyl halides is 2. The molecule has 0 saturated carbocycles. The number of aryl methyl sites for hydroxylation is 1. The number of hydrogen-bond donors (Lipinski definition) is 1. The zero-order chi connectivity index (χ0) is 11.3. The molecule has 0 bridgehead atoms. The molecule has 1 aromatic heterocycles. The quantitative estimate of drug-likeness (QED) is 0.814. The normalized spacial score (nSPS) is 10.7. The molecule has 3 nitrogen and oxygen atoms in total. The summed E-state index contributed by atoms with van der Waals surface area (Å²) in [7, 11) is 1.76. The van der Waals surface area contributed by atoms with E-state index in [1.165, 1.54) is 0 Å². The number of rotatable bonds is 5. The zero-order valence-electron chi connectivity index (χ0n) is 8.76. The second-order valence-electron chi connectivity index (χ2n) is 3.13. The number of aromatic nitrogens is 1. The van der Waals surface area contributed by atoms with E-state index in [4.69, 9.17) is 4.74 Å². The molecule has 5 heteroatoms. The van der Waals surface area contributed by atoms with Gasteiger partial charge in [-0.05, 0) is 26.1 Å². The third kappa shape index (κ3) is 3.79. The Morgan fingerprint density at radius 3 is 2.80 bits per heavy atom. The molecule has 84 valence electrons. The minimum Gasteiger partial charge on any atom is -0.486 e. The van der Waals surface area contributed by atoms with Crippen LogP contribution in [0.25, 0.3) is 0 Å². The number of nitrogens with one attached hydrogen (secondary N) is 1. The van der Waals surface area contributed by atoms with Crippen LogP contribution in [0, 0.1) is 6.92 Å². The van der Waals surface area contributed by atoms with E-state index >= 15 is 0 Å². The summed E-state index contributed by atoms with van der Waals surface area (Å²) in [6.07, 6.45) is -2.46. The summed E-state index contributed by atoms with van der Waals surface area (Å²) in [5.74, 6) is 0.412. The maximum absolute atomic E-state index is 12.0. The van der Waals surface area contributed by atoms with Crippen LogP contribution in [-0.2, 0) is 6.54 Å². The lowest BCUT2D eigenvalue weighted by molar-refractivity contribution is 0.0811. The highest BCUT2D eigenvalue weighted by Crippen LogP contribution is 2.17. The van der Waals surface area contributed by atoms with Gasteiger partial charge in [-0.1, -0.05) is 0 Å². The van der Waals surface area contributed by atoms with Gasteiger partial charge in [-0.25, -0.2) is 8.78 Å². The maximum atomic E-state index is 12.0. The highest BCUT2D eigenvalue weighted by atomic mass is 19.3. The smallest absolute Gasteiger partial charge is 0.272 e. The maximum Gasteiger partial charge on any atom is 0.272 e. The number of hydrogen-bond acceptors (Lipinski definition) is 3. The summed E-state index contributed by atoms with van der Waals surface area (Å²) < 4.78 is 28.9. The standard InChI is InChI=1S/C10H14F2N2O/c1-7-3-4-9(15-6-10(11)12)8(14-7)5-13-2/h3-4,10,13H,5-6H2,1-2H3. The summed E-state index contributed by atoms with van der Waals surface area (Å²) in [4.78, 5) is 4.21. The van der Waals surface area contributed by atoms with Gasteiger partial charge < -0.3 is 10.1 Å². The lowest BCUT2D eigenvalue weighted by Gasteiger charge is -2.10. The summed E-state index contributed by atoms with van der Waals surface area (Å²) in [6.45, 7) is 1.75. The predicted octanol–water partition coefficient (Wildman–Crippen LogP) is 1.75. The Balaban J connectivity index is 2.76. The molecule has 0 amide bonds. The molecule has 0 saturated heterocycles. The molecule has 0 fully saturated rings. The van der Waals surface area contributed by atoms with Crippen LogP contribution < -0.4 is 10.1 Å². The van der Waals surface area contributed by atoms with Gasteiger partial charge in [0.1, 0.15) is 12.4 Å². The van der Waals surface area contributed by atoms with E-state index in [2.05, 4.69) is 10.3 Å². The van der Waals surface area contributed by atoms with Crippen molar-refractivity contribution in [1.29, 1.82) is 0 Å². The molecule has 1 N–H and O–H groups in total. The van der Waals surface area contributed by atoms with Crippen LogP contribution >= 0.6 is 0 Å². The third-order valence-electron chi connectivity index (χ3n) is 1.78. The predicted molar refractivity (Wildman–Crippen MR) is 53.2 cm³/mol. The molecule has 0 unspecified atom stereocenters. The third-order valence-corrected chi connectivity index (χ3v) is 1.78. The number of halogens is 2. The van der Waals surface area contributed by atoms with Gasteiger partial charge in [0.2, 0.25) is 0 Å².